The van der Waals surface area contributed by atoms with Crippen LogP contribution in [0.5, 0.6) is 0 Å². The molecule has 3 unspecified atom stereocenters. The second-order valence-corrected chi connectivity index (χ2v) is 7.04. The molecule has 1 heterocycles. The van der Waals surface area contributed by atoms with Crippen molar-refractivity contribution in [2.45, 2.75) is 47.1 Å². The summed E-state index contributed by atoms with van der Waals surface area (Å²) in [6.45, 7) is 16.2. The highest BCUT2D eigenvalue weighted by molar-refractivity contribution is 5.33. The molecule has 1 fully saturated rings. The van der Waals surface area contributed by atoms with Gasteiger partial charge >= 0.3 is 0 Å². The molecule has 1 aliphatic heterocycles. The second-order valence-electron chi connectivity index (χ2n) is 7.04. The lowest BCUT2D eigenvalue weighted by Crippen LogP contribution is -2.35. The molecule has 2 nitrogen and oxygen atoms in total. The van der Waals surface area contributed by atoms with Gasteiger partial charge in [-0.1, -0.05) is 44.5 Å². The summed E-state index contributed by atoms with van der Waals surface area (Å²) in [6.07, 6.45) is 1.19. The second kappa shape index (κ2) is 7.42. The summed E-state index contributed by atoms with van der Waals surface area (Å²) >= 11 is 0. The Morgan fingerprint density at radius 1 is 1.19 bits per heavy atom. The van der Waals surface area contributed by atoms with Gasteiger partial charge in [0.05, 0.1) is 0 Å². The van der Waals surface area contributed by atoms with Crippen molar-refractivity contribution in [1.82, 2.24) is 10.2 Å². The minimum Gasteiger partial charge on any atom is -0.309 e. The third-order valence-electron chi connectivity index (χ3n) is 4.96. The van der Waals surface area contributed by atoms with Gasteiger partial charge < -0.3 is 10.2 Å². The maximum atomic E-state index is 3.77. The summed E-state index contributed by atoms with van der Waals surface area (Å²) in [7, 11) is 0. The third-order valence-corrected chi connectivity index (χ3v) is 4.96. The number of nitrogens with one attached hydrogen (secondary N) is 1. The van der Waals surface area contributed by atoms with E-state index in [-0.39, 0.29) is 0 Å². The highest BCUT2D eigenvalue weighted by Crippen LogP contribution is 2.26. The summed E-state index contributed by atoms with van der Waals surface area (Å²) in [6, 6.07) is 7.31. The quantitative estimate of drug-likeness (QED) is 0.853. The molecule has 1 N–H and O–H groups in total. The lowest BCUT2D eigenvalue weighted by atomic mass is 9.98. The van der Waals surface area contributed by atoms with Crippen LogP contribution in [0.25, 0.3) is 0 Å². The number of hydrogen-bond donors (Lipinski definition) is 1. The van der Waals surface area contributed by atoms with Crippen molar-refractivity contribution in [3.05, 3.63) is 34.9 Å². The summed E-state index contributed by atoms with van der Waals surface area (Å²) in [5.74, 6) is 1.66. The Labute approximate surface area is 130 Å². The molecule has 1 saturated heterocycles. The van der Waals surface area contributed by atoms with Gasteiger partial charge in [-0.25, -0.2) is 0 Å². The van der Waals surface area contributed by atoms with Gasteiger partial charge in [0, 0.05) is 25.7 Å². The first kappa shape index (κ1) is 16.5. The molecule has 0 spiro atoms. The smallest absolute Gasteiger partial charge is 0.0452 e. The lowest BCUT2D eigenvalue weighted by molar-refractivity contribution is 0.281. The largest absolute Gasteiger partial charge is 0.309 e. The van der Waals surface area contributed by atoms with Gasteiger partial charge in [0.1, 0.15) is 0 Å². The molecule has 0 bridgehead atoms. The molecule has 0 amide bonds. The van der Waals surface area contributed by atoms with Crippen molar-refractivity contribution < 1.29 is 0 Å². The normalized spacial score (nSPS) is 24.4. The average molecular weight is 288 g/mol. The molecular weight excluding hydrogens is 256 g/mol. The zero-order chi connectivity index (χ0) is 15.4. The third kappa shape index (κ3) is 4.31. The topological polar surface area (TPSA) is 15.3 Å². The van der Waals surface area contributed by atoms with Crippen molar-refractivity contribution in [2.24, 2.45) is 11.8 Å². The van der Waals surface area contributed by atoms with Gasteiger partial charge in [0.2, 0.25) is 0 Å². The van der Waals surface area contributed by atoms with E-state index >= 15 is 0 Å². The lowest BCUT2D eigenvalue weighted by Gasteiger charge is -2.27. The molecule has 21 heavy (non-hydrogen) atoms. The highest BCUT2D eigenvalue weighted by atomic mass is 15.2. The Bertz CT molecular complexity index is 445. The van der Waals surface area contributed by atoms with E-state index in [1.165, 1.54) is 36.2 Å². The van der Waals surface area contributed by atoms with Crippen LogP contribution in [-0.4, -0.2) is 31.1 Å². The van der Waals surface area contributed by atoms with Crippen LogP contribution in [0, 0.1) is 25.7 Å². The van der Waals surface area contributed by atoms with Gasteiger partial charge in [-0.2, -0.15) is 0 Å². The Balaban J connectivity index is 2.12. The molecule has 0 aromatic heterocycles. The van der Waals surface area contributed by atoms with E-state index in [0.29, 0.717) is 6.04 Å². The van der Waals surface area contributed by atoms with Crippen LogP contribution in [-0.2, 0) is 0 Å². The summed E-state index contributed by atoms with van der Waals surface area (Å²) in [5.41, 5.74) is 4.26. The standard InChI is InChI=1S/C19H32N2/c1-6-9-20-19(13-21-11-16(4)17(5)12-21)18-10-14(2)7-8-15(18)3/h7-8,10,16-17,19-20H,6,9,11-13H2,1-5H3. The fourth-order valence-corrected chi connectivity index (χ4v) is 3.38. The van der Waals surface area contributed by atoms with Gasteiger partial charge in [-0.3, -0.25) is 0 Å². The van der Waals surface area contributed by atoms with Crippen molar-refractivity contribution in [1.29, 1.82) is 0 Å². The molecule has 1 aromatic carbocycles. The zero-order valence-corrected chi connectivity index (χ0v) is 14.4. The van der Waals surface area contributed by atoms with Crippen LogP contribution in [0.15, 0.2) is 18.2 Å². The summed E-state index contributed by atoms with van der Waals surface area (Å²) in [4.78, 5) is 2.64. The molecule has 0 saturated carbocycles. The number of nitrogens with zero attached hydrogens (tertiary/aromatic N) is 1. The van der Waals surface area contributed by atoms with Crippen LogP contribution in [0.2, 0.25) is 0 Å². The fraction of sp³-hybridized carbons (Fsp3) is 0.684. The SMILES string of the molecule is CCCNC(CN1CC(C)C(C)C1)c1cc(C)ccc1C. The van der Waals surface area contributed by atoms with Crippen LogP contribution < -0.4 is 5.32 Å². The predicted octanol–water partition coefficient (Wildman–Crippen LogP) is 3.93. The van der Waals surface area contributed by atoms with Gasteiger partial charge in [0.15, 0.2) is 0 Å². The van der Waals surface area contributed by atoms with E-state index in [4.69, 9.17) is 0 Å². The van der Waals surface area contributed by atoms with Gasteiger partial charge in [0.25, 0.3) is 0 Å². The van der Waals surface area contributed by atoms with E-state index in [1.54, 1.807) is 0 Å². The van der Waals surface area contributed by atoms with Gasteiger partial charge in [-0.05, 0) is 49.8 Å². The van der Waals surface area contributed by atoms with Crippen LogP contribution in [0.3, 0.4) is 0 Å². The molecule has 0 aliphatic carbocycles. The van der Waals surface area contributed by atoms with E-state index in [1.807, 2.05) is 0 Å². The number of likely N-dealkylation sites (tertiary alicyclic amines) is 1. The Hall–Kier alpha value is -0.860. The number of aryl methyl sites for hydroxylation is 2. The van der Waals surface area contributed by atoms with Crippen molar-refractivity contribution in [3.8, 4) is 0 Å². The highest BCUT2D eigenvalue weighted by Gasteiger charge is 2.28. The van der Waals surface area contributed by atoms with Crippen LogP contribution in [0.1, 0.15) is 49.9 Å². The fourth-order valence-electron chi connectivity index (χ4n) is 3.38. The predicted molar refractivity (Wildman–Crippen MR) is 91.7 cm³/mol. The van der Waals surface area contributed by atoms with Crippen LogP contribution >= 0.6 is 0 Å². The number of rotatable bonds is 6. The van der Waals surface area contributed by atoms with E-state index in [2.05, 4.69) is 63.0 Å². The van der Waals surface area contributed by atoms with Crippen molar-refractivity contribution >= 4 is 0 Å². The number of hydrogen-bond acceptors (Lipinski definition) is 2. The van der Waals surface area contributed by atoms with Crippen molar-refractivity contribution in [3.63, 3.8) is 0 Å². The Morgan fingerprint density at radius 3 is 2.48 bits per heavy atom. The Morgan fingerprint density at radius 2 is 1.86 bits per heavy atom. The van der Waals surface area contributed by atoms with E-state index in [0.717, 1.165) is 24.9 Å². The zero-order valence-electron chi connectivity index (χ0n) is 14.4. The molecule has 1 aliphatic rings. The first-order valence-corrected chi connectivity index (χ1v) is 8.54. The van der Waals surface area contributed by atoms with E-state index in [9.17, 15) is 0 Å². The van der Waals surface area contributed by atoms with Gasteiger partial charge in [-0.15, -0.1) is 0 Å². The number of benzene rings is 1. The molecule has 3 atom stereocenters. The molecule has 0 radical (unpaired) electrons. The monoisotopic (exact) mass is 288 g/mol. The van der Waals surface area contributed by atoms with Crippen LogP contribution in [0.4, 0.5) is 0 Å². The molecule has 118 valence electrons. The summed E-state index contributed by atoms with van der Waals surface area (Å²) < 4.78 is 0. The molecule has 2 heteroatoms. The Kier molecular flexibility index (Phi) is 5.83. The molecule has 2 rings (SSSR count). The molecular formula is C19H32N2. The summed E-state index contributed by atoms with van der Waals surface area (Å²) in [5, 5.41) is 3.77. The maximum absolute atomic E-state index is 3.77. The van der Waals surface area contributed by atoms with Crippen molar-refractivity contribution in [2.75, 3.05) is 26.2 Å². The first-order chi connectivity index (χ1) is 10.0. The minimum atomic E-state index is 0.461. The minimum absolute atomic E-state index is 0.461. The maximum Gasteiger partial charge on any atom is 0.0452 e. The molecule has 1 aromatic rings. The first-order valence-electron chi connectivity index (χ1n) is 8.54. The van der Waals surface area contributed by atoms with E-state index < -0.39 is 0 Å². The average Bonchev–Trinajstić information content (AvgIpc) is 2.76.